The van der Waals surface area contributed by atoms with Crippen molar-refractivity contribution in [2.24, 2.45) is 0 Å². The second-order valence-electron chi connectivity index (χ2n) is 6.80. The number of nitrogens with zero attached hydrogens (tertiary/aromatic N) is 2. The molecule has 1 aromatic heterocycles. The van der Waals surface area contributed by atoms with E-state index in [2.05, 4.69) is 33.0 Å². The van der Waals surface area contributed by atoms with E-state index in [0.717, 1.165) is 49.3 Å². The number of benzene rings is 1. The number of pyridine rings is 1. The van der Waals surface area contributed by atoms with Gasteiger partial charge in [-0.15, -0.1) is 0 Å². The van der Waals surface area contributed by atoms with Crippen LogP contribution in [0.4, 0.5) is 5.69 Å². The highest BCUT2D eigenvalue weighted by atomic mass is 32.2. The summed E-state index contributed by atoms with van der Waals surface area (Å²) in [4.78, 5) is 6.67. The molecule has 1 aliphatic carbocycles. The Morgan fingerprint density at radius 3 is 2.54 bits per heavy atom. The van der Waals surface area contributed by atoms with Crippen LogP contribution in [0.5, 0.6) is 0 Å². The van der Waals surface area contributed by atoms with E-state index in [9.17, 15) is 8.42 Å². The van der Waals surface area contributed by atoms with Gasteiger partial charge in [0.2, 0.25) is 10.0 Å². The fourth-order valence-electron chi connectivity index (χ4n) is 2.76. The molecule has 1 heterocycles. The summed E-state index contributed by atoms with van der Waals surface area (Å²) in [6, 6.07) is 11.6. The highest BCUT2D eigenvalue weighted by Gasteiger charge is 2.35. The first kappa shape index (κ1) is 18.8. The average molecular weight is 375 g/mol. The Balaban J connectivity index is 1.68. The van der Waals surface area contributed by atoms with Crippen LogP contribution in [0.15, 0.2) is 42.6 Å². The van der Waals surface area contributed by atoms with E-state index in [4.69, 9.17) is 0 Å². The lowest BCUT2D eigenvalue weighted by atomic mass is 10.1. The summed E-state index contributed by atoms with van der Waals surface area (Å²) in [5.41, 5.74) is 3.75. The third-order valence-corrected chi connectivity index (χ3v) is 6.30. The van der Waals surface area contributed by atoms with E-state index in [0.29, 0.717) is 5.69 Å². The van der Waals surface area contributed by atoms with Crippen molar-refractivity contribution >= 4 is 15.7 Å². The highest BCUT2D eigenvalue weighted by Crippen LogP contribution is 2.30. The van der Waals surface area contributed by atoms with Gasteiger partial charge in [-0.05, 0) is 62.3 Å². The summed E-state index contributed by atoms with van der Waals surface area (Å²) in [5, 5.41) is 2.93. The summed E-state index contributed by atoms with van der Waals surface area (Å²) in [6.07, 6.45) is 3.34. The van der Waals surface area contributed by atoms with Crippen molar-refractivity contribution in [3.05, 3.63) is 48.3 Å². The number of likely N-dealkylation sites (N-methyl/N-ethyl adjacent to an activating group) is 2. The van der Waals surface area contributed by atoms with Crippen LogP contribution in [-0.4, -0.2) is 50.7 Å². The second kappa shape index (κ2) is 8.16. The molecule has 1 aromatic carbocycles. The largest absolute Gasteiger partial charge is 0.318 e. The molecule has 0 aliphatic heterocycles. The predicted molar refractivity (Wildman–Crippen MR) is 105 cm³/mol. The van der Waals surface area contributed by atoms with Crippen molar-refractivity contribution in [1.82, 2.24) is 15.2 Å². The normalized spacial score (nSPS) is 14.6. The zero-order valence-electron chi connectivity index (χ0n) is 15.3. The monoisotopic (exact) mass is 374 g/mol. The third-order valence-electron chi connectivity index (χ3n) is 4.43. The Bertz CT molecular complexity index is 833. The SMILES string of the molecule is CNCCN(C)Cc1cc(-c2ccc(NS(=O)(=O)C3CC3)cc2)ccn1. The highest BCUT2D eigenvalue weighted by molar-refractivity contribution is 7.93. The maximum atomic E-state index is 12.0. The van der Waals surface area contributed by atoms with Gasteiger partial charge in [-0.3, -0.25) is 14.6 Å². The van der Waals surface area contributed by atoms with Crippen molar-refractivity contribution in [3.8, 4) is 11.1 Å². The van der Waals surface area contributed by atoms with Crippen LogP contribution in [0.3, 0.4) is 0 Å². The number of nitrogens with one attached hydrogen (secondary N) is 2. The molecule has 1 fully saturated rings. The summed E-state index contributed by atoms with van der Waals surface area (Å²) in [5.74, 6) is 0. The molecule has 1 aliphatic rings. The molecule has 2 aromatic rings. The minimum Gasteiger partial charge on any atom is -0.318 e. The molecule has 7 heteroatoms. The summed E-state index contributed by atoms with van der Waals surface area (Å²) < 4.78 is 26.7. The standard InChI is InChI=1S/C19H26N4O2S/c1-20-11-12-23(2)14-18-13-16(9-10-21-18)15-3-5-17(6-4-15)22-26(24,25)19-7-8-19/h3-6,9-10,13,19-20,22H,7-8,11-12,14H2,1-2H3. The van der Waals surface area contributed by atoms with Crippen LogP contribution in [0.1, 0.15) is 18.5 Å². The summed E-state index contributed by atoms with van der Waals surface area (Å²) >= 11 is 0. The first-order valence-corrected chi connectivity index (χ1v) is 10.4. The molecule has 26 heavy (non-hydrogen) atoms. The molecule has 0 atom stereocenters. The minimum absolute atomic E-state index is 0.218. The Morgan fingerprint density at radius 1 is 1.15 bits per heavy atom. The molecule has 2 N–H and O–H groups in total. The molecule has 3 rings (SSSR count). The van der Waals surface area contributed by atoms with Gasteiger partial charge in [0, 0.05) is 31.5 Å². The lowest BCUT2D eigenvalue weighted by Gasteiger charge is -2.16. The Labute approximate surface area is 155 Å². The minimum atomic E-state index is -3.22. The fourth-order valence-corrected chi connectivity index (χ4v) is 4.15. The smallest absolute Gasteiger partial charge is 0.235 e. The van der Waals surface area contributed by atoms with E-state index in [1.807, 2.05) is 43.6 Å². The first-order valence-electron chi connectivity index (χ1n) is 8.88. The number of aromatic nitrogens is 1. The van der Waals surface area contributed by atoms with Gasteiger partial charge in [-0.2, -0.15) is 0 Å². The van der Waals surface area contributed by atoms with Crippen molar-refractivity contribution in [2.45, 2.75) is 24.6 Å². The van der Waals surface area contributed by atoms with Crippen LogP contribution in [0.2, 0.25) is 0 Å². The summed E-state index contributed by atoms with van der Waals surface area (Å²) in [6.45, 7) is 2.68. The Kier molecular flexibility index (Phi) is 5.90. The number of sulfonamides is 1. The number of rotatable bonds is 9. The molecule has 6 nitrogen and oxygen atoms in total. The van der Waals surface area contributed by atoms with Crippen LogP contribution in [0.25, 0.3) is 11.1 Å². The van der Waals surface area contributed by atoms with Gasteiger partial charge >= 0.3 is 0 Å². The van der Waals surface area contributed by atoms with E-state index >= 15 is 0 Å². The lowest BCUT2D eigenvalue weighted by molar-refractivity contribution is 0.324. The van der Waals surface area contributed by atoms with E-state index in [-0.39, 0.29) is 5.25 Å². The van der Waals surface area contributed by atoms with Crippen LogP contribution in [-0.2, 0) is 16.6 Å². The third kappa shape index (κ3) is 5.03. The molecule has 0 amide bonds. The summed E-state index contributed by atoms with van der Waals surface area (Å²) in [7, 11) is 0.805. The van der Waals surface area contributed by atoms with E-state index < -0.39 is 10.0 Å². The first-order chi connectivity index (χ1) is 12.5. The van der Waals surface area contributed by atoms with Crippen molar-refractivity contribution in [1.29, 1.82) is 0 Å². The predicted octanol–water partition coefficient (Wildman–Crippen LogP) is 2.30. The number of anilines is 1. The lowest BCUT2D eigenvalue weighted by Crippen LogP contribution is -2.27. The van der Waals surface area contributed by atoms with Gasteiger partial charge in [0.05, 0.1) is 10.9 Å². The van der Waals surface area contributed by atoms with E-state index in [1.165, 1.54) is 0 Å². The van der Waals surface area contributed by atoms with Gasteiger partial charge in [-0.1, -0.05) is 12.1 Å². The van der Waals surface area contributed by atoms with Gasteiger partial charge in [-0.25, -0.2) is 8.42 Å². The quantitative estimate of drug-likeness (QED) is 0.705. The van der Waals surface area contributed by atoms with Gasteiger partial charge in [0.25, 0.3) is 0 Å². The second-order valence-corrected chi connectivity index (χ2v) is 8.76. The fraction of sp³-hybridized carbons (Fsp3) is 0.421. The molecular formula is C19H26N4O2S. The van der Waals surface area contributed by atoms with Crippen molar-refractivity contribution < 1.29 is 8.42 Å². The molecule has 0 bridgehead atoms. The van der Waals surface area contributed by atoms with Crippen molar-refractivity contribution in [3.63, 3.8) is 0 Å². The van der Waals surface area contributed by atoms with Crippen molar-refractivity contribution in [2.75, 3.05) is 31.9 Å². The maximum absolute atomic E-state index is 12.0. The molecule has 0 radical (unpaired) electrons. The molecule has 0 unspecified atom stereocenters. The van der Waals surface area contributed by atoms with Crippen LogP contribution < -0.4 is 10.0 Å². The number of hydrogen-bond donors (Lipinski definition) is 2. The molecule has 1 saturated carbocycles. The molecule has 140 valence electrons. The Hall–Kier alpha value is -1.96. The Morgan fingerprint density at radius 2 is 1.88 bits per heavy atom. The van der Waals surface area contributed by atoms with Gasteiger partial charge in [0.15, 0.2) is 0 Å². The van der Waals surface area contributed by atoms with E-state index in [1.54, 1.807) is 0 Å². The topological polar surface area (TPSA) is 74.3 Å². The van der Waals surface area contributed by atoms with Crippen LogP contribution >= 0.6 is 0 Å². The van der Waals surface area contributed by atoms with Gasteiger partial charge in [0.1, 0.15) is 0 Å². The van der Waals surface area contributed by atoms with Gasteiger partial charge < -0.3 is 5.32 Å². The number of hydrogen-bond acceptors (Lipinski definition) is 5. The molecule has 0 spiro atoms. The molecule has 0 saturated heterocycles. The van der Waals surface area contributed by atoms with Crippen LogP contribution in [0, 0.1) is 0 Å². The molecular weight excluding hydrogens is 348 g/mol. The zero-order chi connectivity index (χ0) is 18.6. The average Bonchev–Trinajstić information content (AvgIpc) is 3.46. The zero-order valence-corrected chi connectivity index (χ0v) is 16.1. The maximum Gasteiger partial charge on any atom is 0.235 e.